The standard InChI is InChI=1S/C20H26N4O2/c1-22-8-2-5-19(22)20(25)24-9-3-4-18(24)16-6-7-21-17(14-16)15-23-10-12-26-13-11-23/h2,5-8,14,18H,3-4,9-13,15H2,1H3/t18-/m0/s1. The molecule has 2 aromatic rings. The fourth-order valence-corrected chi connectivity index (χ4v) is 3.97. The zero-order valence-corrected chi connectivity index (χ0v) is 15.3. The van der Waals surface area contributed by atoms with Crippen LogP contribution in [0.25, 0.3) is 0 Å². The summed E-state index contributed by atoms with van der Waals surface area (Å²) in [6.07, 6.45) is 5.86. The summed E-state index contributed by atoms with van der Waals surface area (Å²) < 4.78 is 7.32. The monoisotopic (exact) mass is 354 g/mol. The van der Waals surface area contributed by atoms with Gasteiger partial charge in [0.2, 0.25) is 0 Å². The van der Waals surface area contributed by atoms with Crippen molar-refractivity contribution in [3.8, 4) is 0 Å². The lowest BCUT2D eigenvalue weighted by Gasteiger charge is -2.27. The molecule has 1 atom stereocenters. The molecule has 2 saturated heterocycles. The molecule has 0 bridgehead atoms. The zero-order chi connectivity index (χ0) is 17.9. The number of hydrogen-bond acceptors (Lipinski definition) is 4. The van der Waals surface area contributed by atoms with E-state index in [1.165, 1.54) is 5.56 Å². The predicted octanol–water partition coefficient (Wildman–Crippen LogP) is 2.23. The largest absolute Gasteiger partial charge is 0.379 e. The molecule has 4 heterocycles. The van der Waals surface area contributed by atoms with Gasteiger partial charge in [-0.15, -0.1) is 0 Å². The van der Waals surface area contributed by atoms with Crippen LogP contribution in [0, 0.1) is 0 Å². The first kappa shape index (κ1) is 17.2. The summed E-state index contributed by atoms with van der Waals surface area (Å²) >= 11 is 0. The molecule has 2 fully saturated rings. The van der Waals surface area contributed by atoms with Crippen LogP contribution in [0.1, 0.15) is 40.6 Å². The SMILES string of the molecule is Cn1cccc1C(=O)N1CCC[C@H]1c1ccnc(CN2CCOCC2)c1. The van der Waals surface area contributed by atoms with Crippen molar-refractivity contribution in [2.75, 3.05) is 32.8 Å². The van der Waals surface area contributed by atoms with Crippen LogP contribution in [-0.4, -0.2) is 58.1 Å². The highest BCUT2D eigenvalue weighted by atomic mass is 16.5. The Labute approximate surface area is 154 Å². The normalized spacial score (nSPS) is 21.3. The molecular weight excluding hydrogens is 328 g/mol. The summed E-state index contributed by atoms with van der Waals surface area (Å²) in [5, 5.41) is 0. The molecule has 1 amide bonds. The zero-order valence-electron chi connectivity index (χ0n) is 15.3. The van der Waals surface area contributed by atoms with Crippen molar-refractivity contribution in [3.05, 3.63) is 53.6 Å². The molecule has 0 aliphatic carbocycles. The average Bonchev–Trinajstić information content (AvgIpc) is 3.31. The highest BCUT2D eigenvalue weighted by Crippen LogP contribution is 2.33. The lowest BCUT2D eigenvalue weighted by molar-refractivity contribution is 0.0336. The number of nitrogens with zero attached hydrogens (tertiary/aromatic N) is 4. The van der Waals surface area contributed by atoms with Crippen LogP contribution in [0.5, 0.6) is 0 Å². The molecule has 4 rings (SSSR count). The maximum atomic E-state index is 13.0. The molecule has 0 unspecified atom stereocenters. The molecule has 6 nitrogen and oxygen atoms in total. The maximum Gasteiger partial charge on any atom is 0.270 e. The van der Waals surface area contributed by atoms with Crippen LogP contribution < -0.4 is 0 Å². The van der Waals surface area contributed by atoms with Crippen molar-refractivity contribution >= 4 is 5.91 Å². The Morgan fingerprint density at radius 3 is 2.88 bits per heavy atom. The fourth-order valence-electron chi connectivity index (χ4n) is 3.97. The van der Waals surface area contributed by atoms with Crippen molar-refractivity contribution in [1.82, 2.24) is 19.4 Å². The molecule has 6 heteroatoms. The number of pyridine rings is 1. The van der Waals surface area contributed by atoms with E-state index in [4.69, 9.17) is 4.74 Å². The summed E-state index contributed by atoms with van der Waals surface area (Å²) in [4.78, 5) is 21.9. The lowest BCUT2D eigenvalue weighted by atomic mass is 10.0. The first-order valence-corrected chi connectivity index (χ1v) is 9.39. The lowest BCUT2D eigenvalue weighted by Crippen LogP contribution is -2.36. The molecule has 0 spiro atoms. The van der Waals surface area contributed by atoms with Crippen LogP contribution >= 0.6 is 0 Å². The highest BCUT2D eigenvalue weighted by Gasteiger charge is 2.31. The van der Waals surface area contributed by atoms with Crippen LogP contribution in [0.15, 0.2) is 36.7 Å². The minimum atomic E-state index is 0.117. The van der Waals surface area contributed by atoms with E-state index in [0.29, 0.717) is 0 Å². The van der Waals surface area contributed by atoms with Crippen molar-refractivity contribution in [3.63, 3.8) is 0 Å². The van der Waals surface area contributed by atoms with Gasteiger partial charge in [0.25, 0.3) is 5.91 Å². The van der Waals surface area contributed by atoms with Crippen molar-refractivity contribution < 1.29 is 9.53 Å². The van der Waals surface area contributed by atoms with Crippen molar-refractivity contribution in [2.24, 2.45) is 7.05 Å². The summed E-state index contributed by atoms with van der Waals surface area (Å²) in [6.45, 7) is 5.15. The number of aryl methyl sites for hydroxylation is 1. The second-order valence-electron chi connectivity index (χ2n) is 7.13. The third-order valence-electron chi connectivity index (χ3n) is 5.39. The number of morpholine rings is 1. The summed E-state index contributed by atoms with van der Waals surface area (Å²) in [7, 11) is 1.92. The first-order valence-electron chi connectivity index (χ1n) is 9.39. The summed E-state index contributed by atoms with van der Waals surface area (Å²) in [5.41, 5.74) is 3.02. The minimum Gasteiger partial charge on any atom is -0.379 e. The second kappa shape index (κ2) is 7.60. The molecule has 0 aromatic carbocycles. The van der Waals surface area contributed by atoms with Gasteiger partial charge in [-0.1, -0.05) is 0 Å². The van der Waals surface area contributed by atoms with Gasteiger partial charge in [0.05, 0.1) is 24.9 Å². The fraction of sp³-hybridized carbons (Fsp3) is 0.500. The van der Waals surface area contributed by atoms with Gasteiger partial charge in [-0.05, 0) is 42.7 Å². The van der Waals surface area contributed by atoms with Crippen LogP contribution in [-0.2, 0) is 18.3 Å². The van der Waals surface area contributed by atoms with E-state index >= 15 is 0 Å². The van der Waals surface area contributed by atoms with Gasteiger partial charge in [0.1, 0.15) is 5.69 Å². The number of carbonyl (C=O) groups excluding carboxylic acids is 1. The molecule has 0 saturated carbocycles. The molecule has 2 aliphatic rings. The van der Waals surface area contributed by atoms with E-state index in [1.807, 2.05) is 41.0 Å². The van der Waals surface area contributed by atoms with Gasteiger partial charge in [-0.25, -0.2) is 0 Å². The third-order valence-corrected chi connectivity index (χ3v) is 5.39. The molecule has 2 aliphatic heterocycles. The average molecular weight is 354 g/mol. The van der Waals surface area contributed by atoms with E-state index in [0.717, 1.165) is 63.6 Å². The number of hydrogen-bond donors (Lipinski definition) is 0. The minimum absolute atomic E-state index is 0.117. The molecule has 0 N–H and O–H groups in total. The van der Waals surface area contributed by atoms with E-state index in [1.54, 1.807) is 0 Å². The maximum absolute atomic E-state index is 13.0. The van der Waals surface area contributed by atoms with Crippen LogP contribution in [0.2, 0.25) is 0 Å². The number of aromatic nitrogens is 2. The molecule has 26 heavy (non-hydrogen) atoms. The predicted molar refractivity (Wildman–Crippen MR) is 98.8 cm³/mol. The summed E-state index contributed by atoms with van der Waals surface area (Å²) in [6, 6.07) is 8.20. The van der Waals surface area contributed by atoms with Crippen molar-refractivity contribution in [2.45, 2.75) is 25.4 Å². The molecule has 138 valence electrons. The second-order valence-corrected chi connectivity index (χ2v) is 7.13. The Balaban J connectivity index is 1.51. The number of carbonyl (C=O) groups is 1. The quantitative estimate of drug-likeness (QED) is 0.845. The summed E-state index contributed by atoms with van der Waals surface area (Å²) in [5.74, 6) is 0.117. The van der Waals surface area contributed by atoms with Gasteiger partial charge < -0.3 is 14.2 Å². The molecular formula is C20H26N4O2. The Kier molecular flexibility index (Phi) is 5.04. The van der Waals surface area contributed by atoms with E-state index in [2.05, 4.69) is 22.0 Å². The van der Waals surface area contributed by atoms with Crippen LogP contribution in [0.4, 0.5) is 0 Å². The van der Waals surface area contributed by atoms with Gasteiger partial charge in [-0.3, -0.25) is 14.7 Å². The van der Waals surface area contributed by atoms with E-state index in [9.17, 15) is 4.79 Å². The number of ether oxygens (including phenoxy) is 1. The number of likely N-dealkylation sites (tertiary alicyclic amines) is 1. The van der Waals surface area contributed by atoms with Crippen molar-refractivity contribution in [1.29, 1.82) is 0 Å². The smallest absolute Gasteiger partial charge is 0.270 e. The number of amides is 1. The third kappa shape index (κ3) is 3.52. The Morgan fingerprint density at radius 1 is 1.27 bits per heavy atom. The van der Waals surface area contributed by atoms with E-state index < -0.39 is 0 Å². The Hall–Kier alpha value is -2.18. The van der Waals surface area contributed by atoms with Gasteiger partial charge in [-0.2, -0.15) is 0 Å². The molecule has 0 radical (unpaired) electrons. The topological polar surface area (TPSA) is 50.6 Å². The molecule has 2 aromatic heterocycles. The van der Waals surface area contributed by atoms with Gasteiger partial charge >= 0.3 is 0 Å². The van der Waals surface area contributed by atoms with Gasteiger partial charge in [0, 0.05) is 45.6 Å². The Bertz CT molecular complexity index is 767. The highest BCUT2D eigenvalue weighted by molar-refractivity contribution is 5.93. The number of rotatable bonds is 4. The van der Waals surface area contributed by atoms with E-state index in [-0.39, 0.29) is 11.9 Å². The van der Waals surface area contributed by atoms with Crippen LogP contribution in [0.3, 0.4) is 0 Å². The Morgan fingerprint density at radius 2 is 2.12 bits per heavy atom. The first-order chi connectivity index (χ1) is 12.7. The van der Waals surface area contributed by atoms with Gasteiger partial charge in [0.15, 0.2) is 0 Å².